The number of carbonyl (C=O) groups excluding carboxylic acids is 1. The molecule has 0 saturated heterocycles. The number of nitrogens with one attached hydrogen (secondary N) is 2. The van der Waals surface area contributed by atoms with Gasteiger partial charge in [-0.2, -0.15) is 5.10 Å². The molecule has 5 nitrogen and oxygen atoms in total. The van der Waals surface area contributed by atoms with E-state index in [-0.39, 0.29) is 11.3 Å². The standard InChI is InChI=1S/C12H16N4OS/c1-7-13-8(6-18-7)11(17)14-10-5-9(15-16-10)12(2,3)4/h5-6H,1-4H3,(H2,14,15,16,17). The highest BCUT2D eigenvalue weighted by Crippen LogP contribution is 2.22. The van der Waals surface area contributed by atoms with Gasteiger partial charge in [-0.3, -0.25) is 9.89 Å². The average molecular weight is 264 g/mol. The molecule has 0 atom stereocenters. The highest BCUT2D eigenvalue weighted by molar-refractivity contribution is 7.09. The van der Waals surface area contributed by atoms with E-state index < -0.39 is 0 Å². The second-order valence-electron chi connectivity index (χ2n) is 5.12. The number of rotatable bonds is 2. The van der Waals surface area contributed by atoms with Crippen LogP contribution in [0.15, 0.2) is 11.4 Å². The fourth-order valence-electron chi connectivity index (χ4n) is 1.42. The molecule has 0 unspecified atom stereocenters. The van der Waals surface area contributed by atoms with Gasteiger partial charge in [0.15, 0.2) is 5.82 Å². The third kappa shape index (κ3) is 2.76. The number of aryl methyl sites for hydroxylation is 1. The molecule has 0 fully saturated rings. The maximum atomic E-state index is 11.9. The Morgan fingerprint density at radius 2 is 2.17 bits per heavy atom. The van der Waals surface area contributed by atoms with Crippen molar-refractivity contribution < 1.29 is 4.79 Å². The zero-order valence-corrected chi connectivity index (χ0v) is 11.7. The number of hydrogen-bond acceptors (Lipinski definition) is 4. The van der Waals surface area contributed by atoms with Crippen LogP contribution in [0.3, 0.4) is 0 Å². The summed E-state index contributed by atoms with van der Waals surface area (Å²) < 4.78 is 0. The molecule has 0 spiro atoms. The van der Waals surface area contributed by atoms with Gasteiger partial charge >= 0.3 is 0 Å². The number of amides is 1. The maximum Gasteiger partial charge on any atom is 0.276 e. The van der Waals surface area contributed by atoms with Crippen LogP contribution >= 0.6 is 11.3 Å². The molecule has 2 heterocycles. The Morgan fingerprint density at radius 1 is 1.44 bits per heavy atom. The van der Waals surface area contributed by atoms with E-state index in [9.17, 15) is 4.79 Å². The molecule has 18 heavy (non-hydrogen) atoms. The Kier molecular flexibility index (Phi) is 3.21. The lowest BCUT2D eigenvalue weighted by atomic mass is 9.92. The van der Waals surface area contributed by atoms with Crippen LogP contribution in [-0.2, 0) is 5.41 Å². The molecule has 2 aromatic rings. The molecule has 0 aliphatic carbocycles. The van der Waals surface area contributed by atoms with Gasteiger partial charge in [0.25, 0.3) is 5.91 Å². The molecule has 96 valence electrons. The van der Waals surface area contributed by atoms with E-state index in [1.165, 1.54) is 11.3 Å². The Morgan fingerprint density at radius 3 is 2.67 bits per heavy atom. The molecule has 2 rings (SSSR count). The summed E-state index contributed by atoms with van der Waals surface area (Å²) in [6.45, 7) is 8.11. The summed E-state index contributed by atoms with van der Waals surface area (Å²) in [7, 11) is 0. The Labute approximate surface area is 110 Å². The monoisotopic (exact) mass is 264 g/mol. The van der Waals surface area contributed by atoms with E-state index in [4.69, 9.17) is 0 Å². The summed E-state index contributed by atoms with van der Waals surface area (Å²) in [5.74, 6) is 0.293. The molecule has 0 saturated carbocycles. The van der Waals surface area contributed by atoms with Crippen LogP contribution in [0.25, 0.3) is 0 Å². The Bertz CT molecular complexity index is 565. The van der Waals surface area contributed by atoms with Crippen molar-refractivity contribution in [2.45, 2.75) is 33.1 Å². The molecule has 2 aromatic heterocycles. The van der Waals surface area contributed by atoms with Gasteiger partial charge in [0, 0.05) is 22.6 Å². The van der Waals surface area contributed by atoms with Gasteiger partial charge in [-0.15, -0.1) is 11.3 Å². The zero-order valence-electron chi connectivity index (χ0n) is 10.9. The number of H-pyrrole nitrogens is 1. The first-order valence-corrected chi connectivity index (χ1v) is 6.53. The molecule has 1 amide bonds. The molecule has 0 aliphatic heterocycles. The second-order valence-corrected chi connectivity index (χ2v) is 6.18. The molecule has 0 aliphatic rings. The van der Waals surface area contributed by atoms with Crippen LogP contribution < -0.4 is 5.32 Å². The van der Waals surface area contributed by atoms with Crippen LogP contribution in [0.1, 0.15) is 42.0 Å². The smallest absolute Gasteiger partial charge is 0.276 e. The lowest BCUT2D eigenvalue weighted by Gasteiger charge is -2.14. The number of carbonyl (C=O) groups is 1. The van der Waals surface area contributed by atoms with Gasteiger partial charge in [-0.25, -0.2) is 4.98 Å². The molecular weight excluding hydrogens is 248 g/mol. The summed E-state index contributed by atoms with van der Waals surface area (Å²) in [6.07, 6.45) is 0. The molecule has 0 aromatic carbocycles. The summed E-state index contributed by atoms with van der Waals surface area (Å²) in [5.41, 5.74) is 1.39. The van der Waals surface area contributed by atoms with Crippen molar-refractivity contribution in [2.24, 2.45) is 0 Å². The summed E-state index contributed by atoms with van der Waals surface area (Å²) in [4.78, 5) is 16.0. The number of nitrogens with zero attached hydrogens (tertiary/aromatic N) is 2. The lowest BCUT2D eigenvalue weighted by Crippen LogP contribution is -2.13. The SMILES string of the molecule is Cc1nc(C(=O)Nc2cc(C(C)(C)C)[nH]n2)cs1. The highest BCUT2D eigenvalue weighted by Gasteiger charge is 2.18. The predicted octanol–water partition coefficient (Wildman–Crippen LogP) is 2.72. The number of thiazole rings is 1. The average Bonchev–Trinajstić information content (AvgIpc) is 2.85. The zero-order chi connectivity index (χ0) is 13.3. The number of aromatic amines is 1. The first-order chi connectivity index (χ1) is 8.36. The Hall–Kier alpha value is -1.69. The Balaban J connectivity index is 2.10. The predicted molar refractivity (Wildman–Crippen MR) is 72.1 cm³/mol. The van der Waals surface area contributed by atoms with Crippen LogP contribution in [0.2, 0.25) is 0 Å². The van der Waals surface area contributed by atoms with Gasteiger partial charge in [0.2, 0.25) is 0 Å². The minimum atomic E-state index is -0.230. The first kappa shape index (κ1) is 12.8. The third-order valence-corrected chi connectivity index (χ3v) is 3.25. The second kappa shape index (κ2) is 4.53. The van der Waals surface area contributed by atoms with E-state index in [2.05, 4.69) is 41.3 Å². The minimum Gasteiger partial charge on any atom is -0.304 e. The van der Waals surface area contributed by atoms with E-state index >= 15 is 0 Å². The molecule has 0 radical (unpaired) electrons. The van der Waals surface area contributed by atoms with Crippen molar-refractivity contribution in [1.82, 2.24) is 15.2 Å². The van der Waals surface area contributed by atoms with E-state index in [1.807, 2.05) is 13.0 Å². The van der Waals surface area contributed by atoms with Gasteiger partial charge < -0.3 is 5.32 Å². The van der Waals surface area contributed by atoms with E-state index in [0.717, 1.165) is 10.7 Å². The number of aromatic nitrogens is 3. The van der Waals surface area contributed by atoms with Crippen molar-refractivity contribution >= 4 is 23.1 Å². The molecule has 6 heteroatoms. The van der Waals surface area contributed by atoms with E-state index in [1.54, 1.807) is 5.38 Å². The summed E-state index contributed by atoms with van der Waals surface area (Å²) >= 11 is 1.45. The van der Waals surface area contributed by atoms with Gasteiger partial charge in [-0.1, -0.05) is 20.8 Å². The normalized spacial score (nSPS) is 11.6. The van der Waals surface area contributed by atoms with Crippen molar-refractivity contribution in [3.05, 3.63) is 27.8 Å². The van der Waals surface area contributed by atoms with Crippen LogP contribution in [0.5, 0.6) is 0 Å². The third-order valence-electron chi connectivity index (χ3n) is 2.48. The topological polar surface area (TPSA) is 70.7 Å². The quantitative estimate of drug-likeness (QED) is 0.876. The van der Waals surface area contributed by atoms with Gasteiger partial charge in [-0.05, 0) is 6.92 Å². The van der Waals surface area contributed by atoms with Crippen LogP contribution in [0, 0.1) is 6.92 Å². The van der Waals surface area contributed by atoms with Crippen LogP contribution in [0.4, 0.5) is 5.82 Å². The fraction of sp³-hybridized carbons (Fsp3) is 0.417. The maximum absolute atomic E-state index is 11.9. The molecule has 2 N–H and O–H groups in total. The lowest BCUT2D eigenvalue weighted by molar-refractivity contribution is 0.102. The fourth-order valence-corrected chi connectivity index (χ4v) is 2.01. The minimum absolute atomic E-state index is 0.0206. The largest absolute Gasteiger partial charge is 0.304 e. The molecule has 0 bridgehead atoms. The van der Waals surface area contributed by atoms with Crippen molar-refractivity contribution in [3.8, 4) is 0 Å². The summed E-state index contributed by atoms with van der Waals surface area (Å²) in [5, 5.41) is 12.3. The van der Waals surface area contributed by atoms with E-state index in [0.29, 0.717) is 11.5 Å². The number of hydrogen-bond donors (Lipinski definition) is 2. The van der Waals surface area contributed by atoms with Gasteiger partial charge in [0.05, 0.1) is 5.01 Å². The van der Waals surface area contributed by atoms with Crippen molar-refractivity contribution in [1.29, 1.82) is 0 Å². The van der Waals surface area contributed by atoms with Crippen molar-refractivity contribution in [3.63, 3.8) is 0 Å². The first-order valence-electron chi connectivity index (χ1n) is 5.65. The van der Waals surface area contributed by atoms with Crippen molar-refractivity contribution in [2.75, 3.05) is 5.32 Å². The van der Waals surface area contributed by atoms with Crippen LogP contribution in [-0.4, -0.2) is 21.1 Å². The number of anilines is 1. The molecular formula is C12H16N4OS. The highest BCUT2D eigenvalue weighted by atomic mass is 32.1. The summed E-state index contributed by atoms with van der Waals surface area (Å²) in [6, 6.07) is 1.84. The van der Waals surface area contributed by atoms with Gasteiger partial charge in [0.1, 0.15) is 5.69 Å².